The number of carbonyl (C=O) groups excluding carboxylic acids is 1. The topological polar surface area (TPSA) is 119 Å². The minimum absolute atomic E-state index is 0.0576. The van der Waals surface area contributed by atoms with Gasteiger partial charge in [-0.05, 0) is 31.3 Å². The van der Waals surface area contributed by atoms with Crippen LogP contribution in [-0.4, -0.2) is 74.2 Å². The van der Waals surface area contributed by atoms with Crippen molar-refractivity contribution >= 4 is 39.2 Å². The number of hydrogen-bond acceptors (Lipinski definition) is 7. The van der Waals surface area contributed by atoms with E-state index in [1.54, 1.807) is 18.6 Å². The van der Waals surface area contributed by atoms with Gasteiger partial charge in [-0.15, -0.1) is 0 Å². The molecule has 10 nitrogen and oxygen atoms in total. The Morgan fingerprint density at radius 1 is 1.06 bits per heavy atom. The molecule has 1 fully saturated rings. The fourth-order valence-corrected chi connectivity index (χ4v) is 4.64. The van der Waals surface area contributed by atoms with Crippen LogP contribution in [0.5, 0.6) is 0 Å². The number of aromatic amines is 2. The summed E-state index contributed by atoms with van der Waals surface area (Å²) in [5, 5.41) is 12.6. The van der Waals surface area contributed by atoms with Gasteiger partial charge >= 0.3 is 0 Å². The van der Waals surface area contributed by atoms with E-state index in [9.17, 15) is 4.79 Å². The number of fused-ring (bicyclic) bond motifs is 2. The molecule has 3 N–H and O–H groups in total. The van der Waals surface area contributed by atoms with Gasteiger partial charge in [-0.1, -0.05) is 6.92 Å². The summed E-state index contributed by atoms with van der Waals surface area (Å²) in [7, 11) is 2.16. The normalized spacial score (nSPS) is 14.6. The molecule has 10 heteroatoms. The van der Waals surface area contributed by atoms with Crippen LogP contribution < -0.4 is 10.2 Å². The van der Waals surface area contributed by atoms with Crippen LogP contribution >= 0.6 is 0 Å². The molecule has 0 aromatic carbocycles. The molecule has 0 aliphatic carbocycles. The van der Waals surface area contributed by atoms with Crippen molar-refractivity contribution in [2.24, 2.45) is 0 Å². The summed E-state index contributed by atoms with van der Waals surface area (Å²) >= 11 is 0. The van der Waals surface area contributed by atoms with Gasteiger partial charge < -0.3 is 20.1 Å². The standard InChI is InChI=1S/C26H27N9O/c1-3-24(36)30-17-10-16(13-27-14-17)20-11-18-22(15-29-20)32-33-25(18)21-12-19-23(4-5-28-26(19)31-21)35-8-6-34(2)7-9-35/h4-5,10-15H,3,6-9H2,1-2H3,(H,28,31)(H,30,36)(H,32,33). The maximum Gasteiger partial charge on any atom is 0.224 e. The molecule has 0 spiro atoms. The molecule has 0 atom stereocenters. The number of pyridine rings is 3. The number of nitrogens with zero attached hydrogens (tertiary/aromatic N) is 6. The van der Waals surface area contributed by atoms with Crippen LogP contribution in [0, 0.1) is 0 Å². The van der Waals surface area contributed by atoms with Gasteiger partial charge in [-0.2, -0.15) is 5.10 Å². The molecule has 6 rings (SSSR count). The first kappa shape index (κ1) is 22.2. The van der Waals surface area contributed by atoms with Gasteiger partial charge in [0, 0.05) is 67.0 Å². The predicted octanol–water partition coefficient (Wildman–Crippen LogP) is 3.66. The van der Waals surface area contributed by atoms with Gasteiger partial charge in [-0.25, -0.2) is 4.98 Å². The number of nitrogens with one attached hydrogen (secondary N) is 3. The summed E-state index contributed by atoms with van der Waals surface area (Å²) in [6, 6.07) is 8.10. The molecular weight excluding hydrogens is 454 g/mol. The Morgan fingerprint density at radius 3 is 2.75 bits per heavy atom. The number of H-pyrrole nitrogens is 2. The molecule has 1 saturated heterocycles. The summed E-state index contributed by atoms with van der Waals surface area (Å²) in [6.07, 6.45) is 7.41. The molecule has 5 aromatic heterocycles. The Morgan fingerprint density at radius 2 is 1.92 bits per heavy atom. The lowest BCUT2D eigenvalue weighted by Crippen LogP contribution is -2.44. The van der Waals surface area contributed by atoms with E-state index in [0.29, 0.717) is 12.1 Å². The Hall–Kier alpha value is -4.31. The van der Waals surface area contributed by atoms with Gasteiger partial charge in [0.25, 0.3) is 0 Å². The van der Waals surface area contributed by atoms with E-state index in [4.69, 9.17) is 0 Å². The highest BCUT2D eigenvalue weighted by Gasteiger charge is 2.19. The Labute approximate surface area is 207 Å². The van der Waals surface area contributed by atoms with E-state index in [-0.39, 0.29) is 5.91 Å². The number of piperazine rings is 1. The Kier molecular flexibility index (Phi) is 5.57. The highest BCUT2D eigenvalue weighted by molar-refractivity contribution is 5.99. The summed E-state index contributed by atoms with van der Waals surface area (Å²) < 4.78 is 0. The summed E-state index contributed by atoms with van der Waals surface area (Å²) in [5.41, 5.74) is 6.77. The number of likely N-dealkylation sites (N-methyl/N-ethyl adjacent to an activating group) is 1. The molecule has 0 bridgehead atoms. The molecule has 0 unspecified atom stereocenters. The summed E-state index contributed by atoms with van der Waals surface area (Å²) in [4.78, 5) is 33.5. The molecule has 0 radical (unpaired) electrons. The summed E-state index contributed by atoms with van der Waals surface area (Å²) in [5.74, 6) is -0.0576. The van der Waals surface area contributed by atoms with Crippen LogP contribution in [0.15, 0.2) is 49.1 Å². The van der Waals surface area contributed by atoms with Gasteiger partial charge in [0.05, 0.1) is 35.0 Å². The van der Waals surface area contributed by atoms with Crippen LogP contribution in [0.3, 0.4) is 0 Å². The lowest BCUT2D eigenvalue weighted by molar-refractivity contribution is -0.115. The maximum atomic E-state index is 11.8. The van der Waals surface area contributed by atoms with Crippen molar-refractivity contribution in [2.45, 2.75) is 13.3 Å². The third kappa shape index (κ3) is 4.05. The molecule has 6 heterocycles. The Balaban J connectivity index is 1.38. The van der Waals surface area contributed by atoms with Gasteiger partial charge in [-0.3, -0.25) is 19.9 Å². The van der Waals surface area contributed by atoms with Crippen molar-refractivity contribution < 1.29 is 4.79 Å². The van der Waals surface area contributed by atoms with Crippen molar-refractivity contribution in [1.29, 1.82) is 0 Å². The van der Waals surface area contributed by atoms with Crippen molar-refractivity contribution in [3.05, 3.63) is 49.1 Å². The highest BCUT2D eigenvalue weighted by atomic mass is 16.1. The van der Waals surface area contributed by atoms with Crippen molar-refractivity contribution in [3.8, 4) is 22.6 Å². The first-order valence-corrected chi connectivity index (χ1v) is 12.1. The van der Waals surface area contributed by atoms with Gasteiger partial charge in [0.1, 0.15) is 11.3 Å². The molecule has 5 aromatic rings. The largest absolute Gasteiger partial charge is 0.368 e. The number of amides is 1. The van der Waals surface area contributed by atoms with Gasteiger partial charge in [0.15, 0.2) is 0 Å². The van der Waals surface area contributed by atoms with E-state index in [2.05, 4.69) is 64.4 Å². The third-order valence-corrected chi connectivity index (χ3v) is 6.69. The van der Waals surface area contributed by atoms with Crippen LogP contribution in [0.2, 0.25) is 0 Å². The quantitative estimate of drug-likeness (QED) is 0.350. The lowest BCUT2D eigenvalue weighted by Gasteiger charge is -2.34. The second kappa shape index (κ2) is 9.04. The summed E-state index contributed by atoms with van der Waals surface area (Å²) in [6.45, 7) is 5.87. The first-order chi connectivity index (χ1) is 17.6. The molecule has 182 valence electrons. The molecule has 0 saturated carbocycles. The van der Waals surface area contributed by atoms with E-state index in [1.807, 2.05) is 25.3 Å². The van der Waals surface area contributed by atoms with Gasteiger partial charge in [0.2, 0.25) is 5.91 Å². The first-order valence-electron chi connectivity index (χ1n) is 12.1. The van der Waals surface area contributed by atoms with E-state index in [1.165, 1.54) is 5.69 Å². The zero-order chi connectivity index (χ0) is 24.6. The van der Waals surface area contributed by atoms with Crippen LogP contribution in [0.1, 0.15) is 13.3 Å². The molecule has 1 aliphatic rings. The van der Waals surface area contributed by atoms with Crippen LogP contribution in [-0.2, 0) is 4.79 Å². The SMILES string of the molecule is CCC(=O)Nc1cncc(-c2cc3c(-c4cc5c(N6CCN(C)CC6)ccnc5[nH]4)n[nH]c3cn2)c1. The molecule has 36 heavy (non-hydrogen) atoms. The van der Waals surface area contributed by atoms with Crippen molar-refractivity contribution in [1.82, 2.24) is 35.0 Å². The smallest absolute Gasteiger partial charge is 0.224 e. The van der Waals surface area contributed by atoms with Crippen molar-refractivity contribution in [3.63, 3.8) is 0 Å². The van der Waals surface area contributed by atoms with E-state index < -0.39 is 0 Å². The number of hydrogen-bond donors (Lipinski definition) is 3. The number of anilines is 2. The number of rotatable bonds is 5. The van der Waals surface area contributed by atoms with E-state index >= 15 is 0 Å². The average Bonchev–Trinajstić information content (AvgIpc) is 3.53. The second-order valence-electron chi connectivity index (χ2n) is 9.12. The third-order valence-electron chi connectivity index (χ3n) is 6.69. The highest BCUT2D eigenvalue weighted by Crippen LogP contribution is 2.34. The number of aromatic nitrogens is 6. The van der Waals surface area contributed by atoms with Crippen molar-refractivity contribution in [2.75, 3.05) is 43.4 Å². The fraction of sp³-hybridized carbons (Fsp3) is 0.269. The minimum atomic E-state index is -0.0576. The Bertz CT molecular complexity index is 1560. The fourth-order valence-electron chi connectivity index (χ4n) is 4.64. The minimum Gasteiger partial charge on any atom is -0.368 e. The molecular formula is C26H27N9O. The van der Waals surface area contributed by atoms with Crippen LogP contribution in [0.4, 0.5) is 11.4 Å². The van der Waals surface area contributed by atoms with Crippen LogP contribution in [0.25, 0.3) is 44.6 Å². The van der Waals surface area contributed by atoms with E-state index in [0.717, 1.165) is 70.8 Å². The average molecular weight is 482 g/mol. The second-order valence-corrected chi connectivity index (χ2v) is 9.12. The zero-order valence-corrected chi connectivity index (χ0v) is 20.2. The monoisotopic (exact) mass is 481 g/mol. The molecule has 1 aliphatic heterocycles. The number of carbonyl (C=O) groups is 1. The maximum absolute atomic E-state index is 11.8. The predicted molar refractivity (Wildman–Crippen MR) is 141 cm³/mol. The molecule has 1 amide bonds. The zero-order valence-electron chi connectivity index (χ0n) is 20.2. The lowest BCUT2D eigenvalue weighted by atomic mass is 10.1.